The lowest BCUT2D eigenvalue weighted by molar-refractivity contribution is 0.0219. The third-order valence-corrected chi connectivity index (χ3v) is 1.82. The van der Waals surface area contributed by atoms with Gasteiger partial charge in [0.1, 0.15) is 0 Å². The fourth-order valence-corrected chi connectivity index (χ4v) is 0.981. The van der Waals surface area contributed by atoms with E-state index in [0.29, 0.717) is 6.04 Å². The molecule has 1 rings (SSSR count). The van der Waals surface area contributed by atoms with E-state index in [0.717, 1.165) is 12.8 Å². The van der Waals surface area contributed by atoms with Crippen LogP contribution in [0.4, 0.5) is 0 Å². The first-order valence-corrected chi connectivity index (χ1v) is 4.04. The van der Waals surface area contributed by atoms with Gasteiger partial charge >= 0.3 is 0 Å². The molecule has 1 fully saturated rings. The second-order valence-corrected chi connectivity index (χ2v) is 2.74. The van der Waals surface area contributed by atoms with Gasteiger partial charge in [-0.15, -0.1) is 0 Å². The van der Waals surface area contributed by atoms with Crippen molar-refractivity contribution < 1.29 is 5.11 Å². The molecule has 10 heavy (non-hydrogen) atoms. The van der Waals surface area contributed by atoms with E-state index in [-0.39, 0.29) is 6.10 Å². The van der Waals surface area contributed by atoms with Crippen LogP contribution in [0.3, 0.4) is 0 Å². The van der Waals surface area contributed by atoms with E-state index in [1.807, 2.05) is 13.8 Å². The molecule has 0 radical (unpaired) electrons. The lowest BCUT2D eigenvalue weighted by atomic mass is 9.89. The summed E-state index contributed by atoms with van der Waals surface area (Å²) in [4.78, 5) is 2.16. The zero-order chi connectivity index (χ0) is 8.15. The van der Waals surface area contributed by atoms with E-state index in [1.54, 1.807) is 0 Å². The largest absolute Gasteiger partial charge is 0.393 e. The molecule has 0 amide bonds. The lowest BCUT2D eigenvalue weighted by Crippen LogP contribution is -2.43. The Morgan fingerprint density at radius 2 is 1.60 bits per heavy atom. The van der Waals surface area contributed by atoms with Crippen molar-refractivity contribution in [1.82, 2.24) is 4.90 Å². The van der Waals surface area contributed by atoms with Crippen molar-refractivity contribution in [2.75, 3.05) is 14.1 Å². The summed E-state index contributed by atoms with van der Waals surface area (Å²) in [5.74, 6) is 0. The molecule has 1 aliphatic carbocycles. The van der Waals surface area contributed by atoms with Gasteiger partial charge < -0.3 is 10.0 Å². The van der Waals surface area contributed by atoms with E-state index in [2.05, 4.69) is 19.0 Å². The fraction of sp³-hybridized carbons (Fsp3) is 1.00. The standard InChI is InChI=1S/C6H13NO.C2H6/c1-7(2)5-3-6(8)4-5;1-2/h5-6,8H,3-4H2,1-2H3;1-2H3. The minimum Gasteiger partial charge on any atom is -0.393 e. The maximum Gasteiger partial charge on any atom is 0.0570 e. The molecular formula is C8H19NO. The summed E-state index contributed by atoms with van der Waals surface area (Å²) in [6.45, 7) is 4.00. The van der Waals surface area contributed by atoms with Crippen molar-refractivity contribution in [2.24, 2.45) is 0 Å². The van der Waals surface area contributed by atoms with Crippen LogP contribution in [0.2, 0.25) is 0 Å². The fourth-order valence-electron chi connectivity index (χ4n) is 0.981. The summed E-state index contributed by atoms with van der Waals surface area (Å²) >= 11 is 0. The number of rotatable bonds is 1. The van der Waals surface area contributed by atoms with Crippen molar-refractivity contribution in [2.45, 2.75) is 38.8 Å². The molecule has 0 unspecified atom stereocenters. The average Bonchev–Trinajstić information content (AvgIpc) is 1.86. The van der Waals surface area contributed by atoms with Crippen LogP contribution in [0.15, 0.2) is 0 Å². The van der Waals surface area contributed by atoms with Crippen LogP contribution in [0, 0.1) is 0 Å². The van der Waals surface area contributed by atoms with Gasteiger partial charge in [-0.3, -0.25) is 0 Å². The summed E-state index contributed by atoms with van der Waals surface area (Å²) in [5.41, 5.74) is 0. The predicted octanol–water partition coefficient (Wildman–Crippen LogP) is 1.10. The van der Waals surface area contributed by atoms with E-state index < -0.39 is 0 Å². The summed E-state index contributed by atoms with van der Waals surface area (Å²) in [6.07, 6.45) is 1.92. The maximum atomic E-state index is 8.84. The smallest absolute Gasteiger partial charge is 0.0570 e. The van der Waals surface area contributed by atoms with Crippen LogP contribution in [-0.2, 0) is 0 Å². The molecule has 0 heterocycles. The van der Waals surface area contributed by atoms with E-state index in [9.17, 15) is 0 Å². The highest BCUT2D eigenvalue weighted by Crippen LogP contribution is 2.22. The minimum atomic E-state index is -0.0117. The van der Waals surface area contributed by atoms with E-state index in [1.165, 1.54) is 0 Å². The first kappa shape index (κ1) is 9.92. The quantitative estimate of drug-likeness (QED) is 0.597. The van der Waals surface area contributed by atoms with Gasteiger partial charge in [0.25, 0.3) is 0 Å². The zero-order valence-electron chi connectivity index (χ0n) is 7.46. The van der Waals surface area contributed by atoms with Gasteiger partial charge in [0.05, 0.1) is 6.10 Å². The average molecular weight is 145 g/mol. The normalized spacial score (nSPS) is 30.6. The van der Waals surface area contributed by atoms with Gasteiger partial charge in [-0.1, -0.05) is 13.8 Å². The van der Waals surface area contributed by atoms with Gasteiger partial charge in [0.15, 0.2) is 0 Å². The van der Waals surface area contributed by atoms with Crippen LogP contribution in [0.5, 0.6) is 0 Å². The molecule has 1 N–H and O–H groups in total. The predicted molar refractivity (Wildman–Crippen MR) is 44.1 cm³/mol. The molecule has 0 bridgehead atoms. The highest BCUT2D eigenvalue weighted by atomic mass is 16.3. The molecule has 1 saturated carbocycles. The Labute approximate surface area is 63.8 Å². The zero-order valence-corrected chi connectivity index (χ0v) is 7.46. The highest BCUT2D eigenvalue weighted by Gasteiger charge is 2.28. The Kier molecular flexibility index (Phi) is 4.65. The Morgan fingerprint density at radius 3 is 1.70 bits per heavy atom. The molecular weight excluding hydrogens is 126 g/mol. The Bertz CT molecular complexity index is 77.3. The van der Waals surface area contributed by atoms with E-state index in [4.69, 9.17) is 5.11 Å². The number of hydrogen-bond acceptors (Lipinski definition) is 2. The van der Waals surface area contributed by atoms with Crippen LogP contribution >= 0.6 is 0 Å². The van der Waals surface area contributed by atoms with Gasteiger partial charge in [0, 0.05) is 6.04 Å². The Morgan fingerprint density at radius 1 is 1.20 bits per heavy atom. The SMILES string of the molecule is CC.CN(C)C1CC(O)C1. The van der Waals surface area contributed by atoms with Gasteiger partial charge in [0.2, 0.25) is 0 Å². The molecule has 0 saturated heterocycles. The summed E-state index contributed by atoms with van der Waals surface area (Å²) in [5, 5.41) is 8.84. The van der Waals surface area contributed by atoms with Crippen molar-refractivity contribution in [1.29, 1.82) is 0 Å². The first-order valence-electron chi connectivity index (χ1n) is 4.04. The van der Waals surface area contributed by atoms with E-state index >= 15 is 0 Å². The number of nitrogens with zero attached hydrogens (tertiary/aromatic N) is 1. The topological polar surface area (TPSA) is 23.5 Å². The summed E-state index contributed by atoms with van der Waals surface area (Å²) in [7, 11) is 4.10. The molecule has 0 aromatic heterocycles. The number of hydrogen-bond donors (Lipinski definition) is 1. The molecule has 0 aromatic rings. The van der Waals surface area contributed by atoms with Gasteiger partial charge in [-0.2, -0.15) is 0 Å². The minimum absolute atomic E-state index is 0.0117. The van der Waals surface area contributed by atoms with Crippen molar-refractivity contribution in [3.8, 4) is 0 Å². The first-order chi connectivity index (χ1) is 4.70. The molecule has 0 spiro atoms. The second-order valence-electron chi connectivity index (χ2n) is 2.74. The Hall–Kier alpha value is -0.0800. The van der Waals surface area contributed by atoms with Crippen LogP contribution in [-0.4, -0.2) is 36.2 Å². The maximum absolute atomic E-state index is 8.84. The van der Waals surface area contributed by atoms with Gasteiger partial charge in [-0.25, -0.2) is 0 Å². The van der Waals surface area contributed by atoms with Crippen LogP contribution < -0.4 is 0 Å². The van der Waals surface area contributed by atoms with Crippen LogP contribution in [0.1, 0.15) is 26.7 Å². The molecule has 62 valence electrons. The van der Waals surface area contributed by atoms with Crippen molar-refractivity contribution in [3.63, 3.8) is 0 Å². The molecule has 0 atom stereocenters. The highest BCUT2D eigenvalue weighted by molar-refractivity contribution is 4.83. The second kappa shape index (κ2) is 4.69. The monoisotopic (exact) mass is 145 g/mol. The summed E-state index contributed by atoms with van der Waals surface area (Å²) in [6, 6.07) is 0.644. The third kappa shape index (κ3) is 2.67. The Balaban J connectivity index is 0.000000371. The van der Waals surface area contributed by atoms with Crippen molar-refractivity contribution in [3.05, 3.63) is 0 Å². The van der Waals surface area contributed by atoms with Crippen molar-refractivity contribution >= 4 is 0 Å². The van der Waals surface area contributed by atoms with Crippen LogP contribution in [0.25, 0.3) is 0 Å². The third-order valence-electron chi connectivity index (χ3n) is 1.82. The number of aliphatic hydroxyl groups excluding tert-OH is 1. The summed E-state index contributed by atoms with van der Waals surface area (Å²) < 4.78 is 0. The number of aliphatic hydroxyl groups is 1. The molecule has 0 aliphatic heterocycles. The van der Waals surface area contributed by atoms with Gasteiger partial charge in [-0.05, 0) is 26.9 Å². The molecule has 2 nitrogen and oxygen atoms in total. The molecule has 2 heteroatoms. The molecule has 0 aromatic carbocycles. The lowest BCUT2D eigenvalue weighted by Gasteiger charge is -2.36. The molecule has 1 aliphatic rings.